The van der Waals surface area contributed by atoms with Crippen LogP contribution in [0.1, 0.15) is 5.56 Å². The van der Waals surface area contributed by atoms with Crippen LogP contribution in [0.4, 0.5) is 19.0 Å². The van der Waals surface area contributed by atoms with E-state index in [-0.39, 0.29) is 18.1 Å². The van der Waals surface area contributed by atoms with Crippen LogP contribution in [0.2, 0.25) is 0 Å². The van der Waals surface area contributed by atoms with Crippen molar-refractivity contribution < 1.29 is 21.6 Å². The number of sulfonamides is 1. The number of pyridine rings is 1. The third-order valence-corrected chi connectivity index (χ3v) is 4.15. The zero-order valence-electron chi connectivity index (χ0n) is 10.4. The van der Waals surface area contributed by atoms with Crippen LogP contribution < -0.4 is 5.32 Å². The topological polar surface area (TPSA) is 62.3 Å². The fourth-order valence-corrected chi connectivity index (χ4v) is 1.98. The molecule has 0 bridgehead atoms. The Balaban J connectivity index is 2.75. The molecule has 0 atom stereocenters. The standard InChI is InChI=1S/C10H14F3N3O2S/c1-16(2)19(17,18)7-6-15-9-8(10(11,12)13)4-3-5-14-9/h3-5H,6-7H2,1-2H3,(H,14,15). The predicted octanol–water partition coefficient (Wildman–Crippen LogP) is 1.40. The van der Waals surface area contributed by atoms with Gasteiger partial charge in [0.25, 0.3) is 0 Å². The highest BCUT2D eigenvalue weighted by molar-refractivity contribution is 7.89. The average Bonchev–Trinajstić information content (AvgIpc) is 2.27. The molecule has 1 aromatic heterocycles. The molecule has 0 aliphatic heterocycles. The first-order valence-corrected chi connectivity index (χ1v) is 6.92. The highest BCUT2D eigenvalue weighted by Crippen LogP contribution is 2.33. The number of nitrogens with zero attached hydrogens (tertiary/aromatic N) is 2. The highest BCUT2D eigenvalue weighted by Gasteiger charge is 2.34. The number of rotatable bonds is 5. The molecule has 0 spiro atoms. The smallest absolute Gasteiger partial charge is 0.368 e. The summed E-state index contributed by atoms with van der Waals surface area (Å²) < 4.78 is 61.8. The number of aromatic nitrogens is 1. The van der Waals surface area contributed by atoms with E-state index in [2.05, 4.69) is 10.3 Å². The summed E-state index contributed by atoms with van der Waals surface area (Å²) in [6.07, 6.45) is -3.32. The van der Waals surface area contributed by atoms with Gasteiger partial charge in [-0.3, -0.25) is 0 Å². The van der Waals surface area contributed by atoms with Crippen molar-refractivity contribution in [2.24, 2.45) is 0 Å². The molecule has 9 heteroatoms. The average molecular weight is 297 g/mol. The molecular formula is C10H14F3N3O2S. The minimum absolute atomic E-state index is 0.152. The van der Waals surface area contributed by atoms with E-state index in [1.165, 1.54) is 26.4 Å². The Hall–Kier alpha value is -1.35. The highest BCUT2D eigenvalue weighted by atomic mass is 32.2. The normalized spacial score (nSPS) is 12.7. The maximum atomic E-state index is 12.6. The Labute approximate surface area is 109 Å². The second kappa shape index (κ2) is 5.74. The number of alkyl halides is 3. The molecular weight excluding hydrogens is 283 g/mol. The minimum Gasteiger partial charge on any atom is -0.368 e. The minimum atomic E-state index is -4.53. The van der Waals surface area contributed by atoms with Crippen LogP contribution in [0.15, 0.2) is 18.3 Å². The van der Waals surface area contributed by atoms with E-state index >= 15 is 0 Å². The summed E-state index contributed by atoms with van der Waals surface area (Å²) >= 11 is 0. The van der Waals surface area contributed by atoms with Gasteiger partial charge in [-0.1, -0.05) is 0 Å². The zero-order valence-corrected chi connectivity index (χ0v) is 11.2. The third-order valence-electron chi connectivity index (χ3n) is 2.32. The molecule has 0 radical (unpaired) electrons. The van der Waals surface area contributed by atoms with E-state index < -0.39 is 21.8 Å². The van der Waals surface area contributed by atoms with Crippen LogP contribution in [-0.4, -0.2) is 44.1 Å². The van der Waals surface area contributed by atoms with Crippen LogP contribution in [0.25, 0.3) is 0 Å². The molecule has 1 heterocycles. The first-order chi connectivity index (χ1) is 8.64. The Morgan fingerprint density at radius 3 is 2.53 bits per heavy atom. The molecule has 1 rings (SSSR count). The second-order valence-corrected chi connectivity index (χ2v) is 6.22. The van der Waals surface area contributed by atoms with Gasteiger partial charge in [0.15, 0.2) is 0 Å². The van der Waals surface area contributed by atoms with Gasteiger partial charge in [0.05, 0.1) is 11.3 Å². The lowest BCUT2D eigenvalue weighted by Gasteiger charge is -2.14. The maximum absolute atomic E-state index is 12.6. The molecule has 0 unspecified atom stereocenters. The van der Waals surface area contributed by atoms with Crippen molar-refractivity contribution in [2.45, 2.75) is 6.18 Å². The number of nitrogens with one attached hydrogen (secondary N) is 1. The fourth-order valence-electron chi connectivity index (χ4n) is 1.26. The zero-order chi connectivity index (χ0) is 14.7. The molecule has 0 fully saturated rings. The van der Waals surface area contributed by atoms with Gasteiger partial charge in [0, 0.05) is 26.8 Å². The molecule has 0 aromatic carbocycles. The summed E-state index contributed by atoms with van der Waals surface area (Å²) in [6.45, 7) is -0.152. The van der Waals surface area contributed by atoms with E-state index in [1.54, 1.807) is 0 Å². The van der Waals surface area contributed by atoms with Crippen molar-refractivity contribution in [1.29, 1.82) is 0 Å². The Kier molecular flexibility index (Phi) is 4.75. The second-order valence-electron chi connectivity index (χ2n) is 3.92. The predicted molar refractivity (Wildman–Crippen MR) is 65.2 cm³/mol. The van der Waals surface area contributed by atoms with Gasteiger partial charge in [-0.2, -0.15) is 13.2 Å². The van der Waals surface area contributed by atoms with Crippen molar-refractivity contribution in [3.05, 3.63) is 23.9 Å². The van der Waals surface area contributed by atoms with E-state index in [1.807, 2.05) is 0 Å². The lowest BCUT2D eigenvalue weighted by Crippen LogP contribution is -2.29. The van der Waals surface area contributed by atoms with E-state index in [9.17, 15) is 21.6 Å². The number of anilines is 1. The Morgan fingerprint density at radius 2 is 2.00 bits per heavy atom. The summed E-state index contributed by atoms with van der Waals surface area (Å²) in [6, 6.07) is 2.06. The lowest BCUT2D eigenvalue weighted by molar-refractivity contribution is -0.137. The van der Waals surface area contributed by atoms with Gasteiger partial charge in [0.2, 0.25) is 10.0 Å². The molecule has 1 N–H and O–H groups in total. The molecule has 19 heavy (non-hydrogen) atoms. The third kappa shape index (κ3) is 4.35. The first kappa shape index (κ1) is 15.7. The number of halogens is 3. The van der Waals surface area contributed by atoms with Gasteiger partial charge < -0.3 is 5.32 Å². The summed E-state index contributed by atoms with van der Waals surface area (Å²) in [7, 11) is -0.738. The summed E-state index contributed by atoms with van der Waals surface area (Å²) in [5.74, 6) is -0.683. The van der Waals surface area contributed by atoms with Crippen molar-refractivity contribution in [3.63, 3.8) is 0 Å². The van der Waals surface area contributed by atoms with E-state index in [0.29, 0.717) is 0 Å². The van der Waals surface area contributed by atoms with Crippen LogP contribution in [0.5, 0.6) is 0 Å². The van der Waals surface area contributed by atoms with Crippen LogP contribution in [0.3, 0.4) is 0 Å². The van der Waals surface area contributed by atoms with Crippen molar-refractivity contribution in [2.75, 3.05) is 31.7 Å². The molecule has 0 aliphatic carbocycles. The van der Waals surface area contributed by atoms with Crippen LogP contribution in [-0.2, 0) is 16.2 Å². The van der Waals surface area contributed by atoms with Crippen LogP contribution >= 0.6 is 0 Å². The van der Waals surface area contributed by atoms with Crippen molar-refractivity contribution >= 4 is 15.8 Å². The van der Waals surface area contributed by atoms with Crippen LogP contribution in [0, 0.1) is 0 Å². The van der Waals surface area contributed by atoms with E-state index in [4.69, 9.17) is 0 Å². The molecule has 0 aliphatic rings. The maximum Gasteiger partial charge on any atom is 0.419 e. The van der Waals surface area contributed by atoms with Gasteiger partial charge in [-0.25, -0.2) is 17.7 Å². The van der Waals surface area contributed by atoms with E-state index in [0.717, 1.165) is 10.4 Å². The van der Waals surface area contributed by atoms with Gasteiger partial charge >= 0.3 is 6.18 Å². The summed E-state index contributed by atoms with van der Waals surface area (Å²) in [5, 5.41) is 2.39. The monoisotopic (exact) mass is 297 g/mol. The number of hydrogen-bond donors (Lipinski definition) is 1. The number of hydrogen-bond acceptors (Lipinski definition) is 4. The van der Waals surface area contributed by atoms with Gasteiger partial charge in [-0.15, -0.1) is 0 Å². The van der Waals surface area contributed by atoms with Crippen molar-refractivity contribution in [3.8, 4) is 0 Å². The molecule has 5 nitrogen and oxygen atoms in total. The molecule has 108 valence electrons. The molecule has 0 saturated heterocycles. The quantitative estimate of drug-likeness (QED) is 0.892. The largest absolute Gasteiger partial charge is 0.419 e. The Morgan fingerprint density at radius 1 is 1.37 bits per heavy atom. The van der Waals surface area contributed by atoms with Gasteiger partial charge in [0.1, 0.15) is 5.82 Å². The Bertz CT molecular complexity index is 529. The van der Waals surface area contributed by atoms with Crippen molar-refractivity contribution in [1.82, 2.24) is 9.29 Å². The molecule has 0 saturated carbocycles. The summed E-state index contributed by atoms with van der Waals surface area (Å²) in [5.41, 5.74) is -0.919. The summed E-state index contributed by atoms with van der Waals surface area (Å²) in [4.78, 5) is 3.57. The SMILES string of the molecule is CN(C)S(=O)(=O)CCNc1ncccc1C(F)(F)F. The lowest BCUT2D eigenvalue weighted by atomic mass is 10.2. The molecule has 1 aromatic rings. The fraction of sp³-hybridized carbons (Fsp3) is 0.500. The molecule has 0 amide bonds. The first-order valence-electron chi connectivity index (χ1n) is 5.31. The van der Waals surface area contributed by atoms with Gasteiger partial charge in [-0.05, 0) is 12.1 Å².